The van der Waals surface area contributed by atoms with Crippen molar-refractivity contribution in [2.24, 2.45) is 0 Å². The summed E-state index contributed by atoms with van der Waals surface area (Å²) < 4.78 is 0. The summed E-state index contributed by atoms with van der Waals surface area (Å²) in [5.41, 5.74) is 0. The van der Waals surface area contributed by atoms with Crippen LogP contribution < -0.4 is 103 Å². The first-order valence-corrected chi connectivity index (χ1v) is 0. The molecule has 0 nitrogen and oxygen atoms in total. The van der Waals surface area contributed by atoms with E-state index in [-0.39, 0.29) is 178 Å². The topological polar surface area (TPSA) is 0 Å². The Kier molecular flexibility index (Phi) is 337. The van der Waals surface area contributed by atoms with Crippen LogP contribution in [-0.2, 0) is 75.0 Å². The number of hydrogen-bond donors (Lipinski definition) is 0. The Hall–Kier alpha value is 5.36. The van der Waals surface area contributed by atoms with Crippen molar-refractivity contribution in [1.82, 2.24) is 0 Å². The first kappa shape index (κ1) is 55.5. The van der Waals surface area contributed by atoms with E-state index in [4.69, 9.17) is 0 Å². The van der Waals surface area contributed by atoms with Crippen molar-refractivity contribution < 1.29 is 124 Å². The summed E-state index contributed by atoms with van der Waals surface area (Å²) >= 11 is 0. The van der Waals surface area contributed by atoms with Crippen LogP contribution in [0.2, 0.25) is 0 Å². The quantitative estimate of drug-likeness (QED) is 0.391. The van der Waals surface area contributed by atoms with Gasteiger partial charge in [-0.15, -0.1) is 0 Å². The molecule has 38 valence electrons. The van der Waals surface area contributed by atoms with Crippen LogP contribution in [0, 0.1) is 0 Å². The van der Waals surface area contributed by atoms with Gasteiger partial charge in [0.15, 0.2) is 0 Å². The van der Waals surface area contributed by atoms with Gasteiger partial charge in [0.25, 0.3) is 0 Å². The van der Waals surface area contributed by atoms with Crippen LogP contribution in [0.1, 0.15) is 0 Å². The van der Waals surface area contributed by atoms with Gasteiger partial charge in [0.2, 0.25) is 0 Å². The zero-order valence-electron chi connectivity index (χ0n) is 4.04. The summed E-state index contributed by atoms with van der Waals surface area (Å²) in [6.07, 6.45) is 0. The fourth-order valence-electron chi connectivity index (χ4n) is 0. The summed E-state index contributed by atoms with van der Waals surface area (Å²) in [4.78, 5) is 0. The molecule has 0 spiro atoms. The van der Waals surface area contributed by atoms with Crippen molar-refractivity contribution >= 4 is 54.0 Å². The maximum atomic E-state index is 0. The minimum absolute atomic E-state index is 0. The molecule has 0 aromatic rings. The smallest absolute Gasteiger partial charge is 1.00 e. The van der Waals surface area contributed by atoms with E-state index in [0.717, 1.165) is 0 Å². The van der Waals surface area contributed by atoms with Crippen LogP contribution >= 0.6 is 0 Å². The summed E-state index contributed by atoms with van der Waals surface area (Å²) in [5, 5.41) is 0. The second-order valence-electron chi connectivity index (χ2n) is 0. The van der Waals surface area contributed by atoms with Crippen molar-refractivity contribution in [3.8, 4) is 0 Å². The third-order valence-electron chi connectivity index (χ3n) is 0. The van der Waals surface area contributed by atoms with Crippen molar-refractivity contribution in [1.29, 1.82) is 0 Å². The van der Waals surface area contributed by atoms with Gasteiger partial charge in [-0.2, -0.15) is 0 Å². The molecule has 0 aromatic carbocycles. The van der Waals surface area contributed by atoms with Crippen molar-refractivity contribution in [3.63, 3.8) is 0 Å². The molecular formula is K2MoS4-6. The predicted octanol–water partition coefficient (Wildman–Crippen LogP) is -6.00. The van der Waals surface area contributed by atoms with Crippen LogP contribution in [0.4, 0.5) is 0 Å². The molecule has 0 unspecified atom stereocenters. The zero-order valence-corrected chi connectivity index (χ0v) is 15.6. The van der Waals surface area contributed by atoms with Gasteiger partial charge in [0, 0.05) is 21.1 Å². The third kappa shape index (κ3) is 34.6. The Balaban J connectivity index is 0. The normalized spacial score (nSPS) is 0. The van der Waals surface area contributed by atoms with E-state index in [1.807, 2.05) is 0 Å². The Labute approximate surface area is 172 Å². The van der Waals surface area contributed by atoms with Gasteiger partial charge in [-0.1, -0.05) is 0 Å². The monoisotopic (exact) mass is 304 g/mol. The molecule has 0 radical (unpaired) electrons. The molecule has 7 heteroatoms. The molecule has 0 aliphatic heterocycles. The Bertz CT molecular complexity index is 9.65. The molecule has 0 aliphatic rings. The summed E-state index contributed by atoms with van der Waals surface area (Å²) in [7, 11) is 0. The molecule has 0 amide bonds. The molecule has 0 aromatic heterocycles. The first-order valence-electron chi connectivity index (χ1n) is 0. The molecule has 0 saturated heterocycles. The SMILES string of the molecule is [K+].[K+].[Mo].[S-2].[S-2].[S-2].[S-2]. The van der Waals surface area contributed by atoms with Crippen molar-refractivity contribution in [3.05, 3.63) is 0 Å². The second kappa shape index (κ2) is 42.4. The van der Waals surface area contributed by atoms with Crippen molar-refractivity contribution in [2.45, 2.75) is 0 Å². The average Bonchev–Trinajstić information content (AvgIpc) is 0. The molecule has 0 aliphatic carbocycles. The maximum Gasteiger partial charge on any atom is 1.00 e. The maximum absolute atomic E-state index is 0. The van der Waals surface area contributed by atoms with Crippen LogP contribution in [-0.4, -0.2) is 0 Å². The summed E-state index contributed by atoms with van der Waals surface area (Å²) in [6.45, 7) is 0. The van der Waals surface area contributed by atoms with Gasteiger partial charge in [-0.3, -0.25) is 0 Å². The second-order valence-corrected chi connectivity index (χ2v) is 0. The molecule has 0 heterocycles. The molecule has 0 rings (SSSR count). The van der Waals surface area contributed by atoms with Crippen LogP contribution in [0.3, 0.4) is 0 Å². The van der Waals surface area contributed by atoms with Gasteiger partial charge >= 0.3 is 103 Å². The number of hydrogen-bond acceptors (Lipinski definition) is 0. The average molecular weight is 302 g/mol. The molecule has 0 fully saturated rings. The van der Waals surface area contributed by atoms with Gasteiger partial charge in [0.05, 0.1) is 0 Å². The fraction of sp³-hybridized carbons (Fsp3) is 0. The van der Waals surface area contributed by atoms with E-state index in [1.165, 1.54) is 0 Å². The third-order valence-corrected chi connectivity index (χ3v) is 0. The largest absolute Gasteiger partial charge is 2.00 e. The van der Waals surface area contributed by atoms with E-state index < -0.39 is 0 Å². The summed E-state index contributed by atoms with van der Waals surface area (Å²) in [5.74, 6) is 0. The Morgan fingerprint density at radius 1 is 0.429 bits per heavy atom. The van der Waals surface area contributed by atoms with E-state index in [9.17, 15) is 0 Å². The molecular weight excluding hydrogens is 302 g/mol. The zero-order chi connectivity index (χ0) is 0. The van der Waals surface area contributed by atoms with Gasteiger partial charge < -0.3 is 54.0 Å². The van der Waals surface area contributed by atoms with Crippen LogP contribution in [0.25, 0.3) is 0 Å². The van der Waals surface area contributed by atoms with Gasteiger partial charge in [-0.25, -0.2) is 0 Å². The van der Waals surface area contributed by atoms with E-state index >= 15 is 0 Å². The predicted molar refractivity (Wildman–Crippen MR) is 29.5 cm³/mol. The fourth-order valence-corrected chi connectivity index (χ4v) is 0. The van der Waals surface area contributed by atoms with E-state index in [0.29, 0.717) is 0 Å². The van der Waals surface area contributed by atoms with Crippen molar-refractivity contribution in [2.75, 3.05) is 0 Å². The minimum Gasteiger partial charge on any atom is -2.00 e. The Morgan fingerprint density at radius 3 is 0.429 bits per heavy atom. The first-order chi connectivity index (χ1) is 0. The van der Waals surface area contributed by atoms with E-state index in [2.05, 4.69) is 0 Å². The molecule has 0 bridgehead atoms. The van der Waals surface area contributed by atoms with Gasteiger partial charge in [0.1, 0.15) is 0 Å². The molecule has 0 saturated carbocycles. The van der Waals surface area contributed by atoms with E-state index in [1.54, 1.807) is 0 Å². The van der Waals surface area contributed by atoms with Gasteiger partial charge in [-0.05, 0) is 0 Å². The molecule has 0 N–H and O–H groups in total. The molecule has 0 atom stereocenters. The summed E-state index contributed by atoms with van der Waals surface area (Å²) in [6, 6.07) is 0. The van der Waals surface area contributed by atoms with Crippen LogP contribution in [0.15, 0.2) is 0 Å². The Morgan fingerprint density at radius 2 is 0.429 bits per heavy atom. The number of rotatable bonds is 0. The standard InChI is InChI=1S/2K.Mo.4S/q2*+1;;4*-2. The minimum atomic E-state index is 0. The van der Waals surface area contributed by atoms with Crippen LogP contribution in [0.5, 0.6) is 0 Å². The molecule has 7 heavy (non-hydrogen) atoms.